The number of halogens is 1. The summed E-state index contributed by atoms with van der Waals surface area (Å²) in [5, 5.41) is 9.13. The fraction of sp³-hybridized carbons (Fsp3) is 0.357. The van der Waals surface area contributed by atoms with Crippen LogP contribution in [0.3, 0.4) is 0 Å². The van der Waals surface area contributed by atoms with Gasteiger partial charge >= 0.3 is 0 Å². The lowest BCUT2D eigenvalue weighted by atomic mass is 10.1. The van der Waals surface area contributed by atoms with Gasteiger partial charge in [-0.25, -0.2) is 12.7 Å². The zero-order chi connectivity index (χ0) is 15.8. The lowest BCUT2D eigenvalue weighted by Crippen LogP contribution is -2.67. The Morgan fingerprint density at radius 3 is 2.62 bits per heavy atom. The standard InChI is InChI=1S/C14H14ClNO4S/c1-14(2)13(18)16(21(14,19)20)12-7-6-11(15)9-10(12)5-3-4-8-17/h6-7,9,17H,4,8H2,1-2H3. The third-order valence-corrected chi connectivity index (χ3v) is 5.76. The van der Waals surface area contributed by atoms with E-state index in [1.807, 2.05) is 0 Å². The van der Waals surface area contributed by atoms with Crippen molar-refractivity contribution in [3.05, 3.63) is 28.8 Å². The molecule has 1 aliphatic rings. The number of carbonyl (C=O) groups is 1. The van der Waals surface area contributed by atoms with Gasteiger partial charge in [0.1, 0.15) is 0 Å². The van der Waals surface area contributed by atoms with Crippen LogP contribution in [0, 0.1) is 11.8 Å². The Morgan fingerprint density at radius 1 is 1.38 bits per heavy atom. The van der Waals surface area contributed by atoms with Crippen molar-refractivity contribution in [3.63, 3.8) is 0 Å². The van der Waals surface area contributed by atoms with Gasteiger partial charge in [0.2, 0.25) is 0 Å². The highest BCUT2D eigenvalue weighted by Crippen LogP contribution is 2.40. The number of anilines is 1. The number of rotatable bonds is 2. The fourth-order valence-electron chi connectivity index (χ4n) is 1.89. The number of sulfonamides is 1. The van der Waals surface area contributed by atoms with Crippen LogP contribution < -0.4 is 4.31 Å². The van der Waals surface area contributed by atoms with Gasteiger partial charge in [-0.1, -0.05) is 23.4 Å². The Kier molecular flexibility index (Phi) is 4.02. The molecule has 1 amide bonds. The molecule has 1 heterocycles. The number of aliphatic hydroxyl groups is 1. The zero-order valence-electron chi connectivity index (χ0n) is 11.6. The Labute approximate surface area is 128 Å². The number of carbonyl (C=O) groups excluding carboxylic acids is 1. The highest BCUT2D eigenvalue weighted by Gasteiger charge is 2.61. The minimum Gasteiger partial charge on any atom is -0.395 e. The van der Waals surface area contributed by atoms with Gasteiger partial charge in [0, 0.05) is 11.4 Å². The molecule has 0 aromatic heterocycles. The summed E-state index contributed by atoms with van der Waals surface area (Å²) in [6.07, 6.45) is 0.248. The SMILES string of the molecule is CC1(C)C(=O)N(c2ccc(Cl)cc2C#CCCO)S1(=O)=O. The Hall–Kier alpha value is -1.55. The number of benzene rings is 1. The predicted octanol–water partition coefficient (Wildman–Crippen LogP) is 1.53. The van der Waals surface area contributed by atoms with Gasteiger partial charge in [0.05, 0.1) is 17.9 Å². The monoisotopic (exact) mass is 327 g/mol. The molecule has 0 radical (unpaired) electrons. The van der Waals surface area contributed by atoms with E-state index < -0.39 is 20.7 Å². The van der Waals surface area contributed by atoms with Gasteiger partial charge in [0.15, 0.2) is 4.75 Å². The molecule has 7 heteroatoms. The molecule has 1 N–H and O–H groups in total. The third-order valence-electron chi connectivity index (χ3n) is 3.22. The summed E-state index contributed by atoms with van der Waals surface area (Å²) in [6.45, 7) is 2.64. The van der Waals surface area contributed by atoms with Crippen LogP contribution in [0.25, 0.3) is 0 Å². The van der Waals surface area contributed by atoms with Crippen molar-refractivity contribution in [2.45, 2.75) is 25.0 Å². The Balaban J connectivity index is 2.52. The van der Waals surface area contributed by atoms with E-state index in [0.717, 1.165) is 4.31 Å². The number of hydrogen-bond donors (Lipinski definition) is 1. The molecular formula is C14H14ClNO4S. The maximum absolute atomic E-state index is 12.2. The zero-order valence-corrected chi connectivity index (χ0v) is 13.1. The first-order chi connectivity index (χ1) is 9.73. The van der Waals surface area contributed by atoms with Gasteiger partial charge in [0.25, 0.3) is 15.9 Å². The van der Waals surface area contributed by atoms with Gasteiger partial charge in [-0.2, -0.15) is 0 Å². The Morgan fingerprint density at radius 2 is 2.05 bits per heavy atom. The number of nitrogens with zero attached hydrogens (tertiary/aromatic N) is 1. The minimum atomic E-state index is -3.75. The average Bonchev–Trinajstić information content (AvgIpc) is 2.41. The number of aliphatic hydroxyl groups excluding tert-OH is 1. The maximum Gasteiger partial charge on any atom is 0.263 e. The third kappa shape index (κ3) is 2.42. The van der Waals surface area contributed by atoms with Crippen LogP contribution in [0.15, 0.2) is 18.2 Å². The minimum absolute atomic E-state index is 0.100. The van der Waals surface area contributed by atoms with Crippen LogP contribution in [0.5, 0.6) is 0 Å². The lowest BCUT2D eigenvalue weighted by molar-refractivity contribution is -0.120. The summed E-state index contributed by atoms with van der Waals surface area (Å²) in [5.74, 6) is 4.93. The summed E-state index contributed by atoms with van der Waals surface area (Å²) in [4.78, 5) is 12.1. The van der Waals surface area contributed by atoms with E-state index in [9.17, 15) is 13.2 Å². The number of hydrogen-bond acceptors (Lipinski definition) is 4. The second-order valence-corrected chi connectivity index (χ2v) is 7.79. The first-order valence-electron chi connectivity index (χ1n) is 6.22. The molecule has 0 aliphatic carbocycles. The van der Waals surface area contributed by atoms with Crippen molar-refractivity contribution in [2.75, 3.05) is 10.9 Å². The van der Waals surface area contributed by atoms with Gasteiger partial charge in [-0.05, 0) is 32.0 Å². The molecule has 0 spiro atoms. The fourth-order valence-corrected chi connectivity index (χ4v) is 3.56. The van der Waals surface area contributed by atoms with E-state index in [0.29, 0.717) is 10.6 Å². The van der Waals surface area contributed by atoms with E-state index in [1.54, 1.807) is 0 Å². The van der Waals surface area contributed by atoms with Crippen molar-refractivity contribution in [2.24, 2.45) is 0 Å². The first-order valence-corrected chi connectivity index (χ1v) is 8.04. The largest absolute Gasteiger partial charge is 0.395 e. The predicted molar refractivity (Wildman–Crippen MR) is 80.5 cm³/mol. The molecular weight excluding hydrogens is 314 g/mol. The molecule has 1 saturated heterocycles. The van der Waals surface area contributed by atoms with Gasteiger partial charge < -0.3 is 5.11 Å². The van der Waals surface area contributed by atoms with Crippen molar-refractivity contribution in [3.8, 4) is 11.8 Å². The molecule has 5 nitrogen and oxygen atoms in total. The second-order valence-electron chi connectivity index (χ2n) is 5.02. The van der Waals surface area contributed by atoms with Gasteiger partial charge in [-0.3, -0.25) is 4.79 Å². The average molecular weight is 328 g/mol. The summed E-state index contributed by atoms with van der Waals surface area (Å²) in [6, 6.07) is 4.45. The van der Waals surface area contributed by atoms with Crippen LogP contribution in [-0.4, -0.2) is 30.8 Å². The molecule has 1 aliphatic heterocycles. The molecule has 1 fully saturated rings. The molecule has 112 valence electrons. The van der Waals surface area contributed by atoms with Crippen LogP contribution in [0.2, 0.25) is 5.02 Å². The molecule has 0 saturated carbocycles. The van der Waals surface area contributed by atoms with Crippen molar-refractivity contribution < 1.29 is 18.3 Å². The summed E-state index contributed by atoms with van der Waals surface area (Å²) < 4.78 is 23.8. The molecule has 0 bridgehead atoms. The molecule has 0 unspecified atom stereocenters. The van der Waals surface area contributed by atoms with Crippen molar-refractivity contribution >= 4 is 33.2 Å². The van der Waals surface area contributed by atoms with Gasteiger partial charge in [-0.15, -0.1) is 0 Å². The normalized spacial score (nSPS) is 18.7. The molecule has 1 aromatic carbocycles. The van der Waals surface area contributed by atoms with E-state index in [4.69, 9.17) is 16.7 Å². The lowest BCUT2D eigenvalue weighted by Gasteiger charge is -2.43. The Bertz CT molecular complexity index is 759. The van der Waals surface area contributed by atoms with E-state index in [-0.39, 0.29) is 18.7 Å². The van der Waals surface area contributed by atoms with Crippen molar-refractivity contribution in [1.29, 1.82) is 0 Å². The highest BCUT2D eigenvalue weighted by molar-refractivity contribution is 7.98. The maximum atomic E-state index is 12.2. The highest BCUT2D eigenvalue weighted by atomic mass is 35.5. The molecule has 2 rings (SSSR count). The van der Waals surface area contributed by atoms with Crippen LogP contribution in [0.1, 0.15) is 25.8 Å². The van der Waals surface area contributed by atoms with E-state index in [1.165, 1.54) is 32.0 Å². The van der Waals surface area contributed by atoms with Crippen LogP contribution in [0.4, 0.5) is 5.69 Å². The van der Waals surface area contributed by atoms with Crippen molar-refractivity contribution in [1.82, 2.24) is 0 Å². The summed E-state index contributed by atoms with van der Waals surface area (Å²) in [5.41, 5.74) is 0.525. The van der Waals surface area contributed by atoms with E-state index >= 15 is 0 Å². The van der Waals surface area contributed by atoms with Crippen LogP contribution >= 0.6 is 11.6 Å². The number of amides is 1. The molecule has 1 aromatic rings. The molecule has 0 atom stereocenters. The summed E-state index contributed by atoms with van der Waals surface area (Å²) in [7, 11) is -3.75. The smallest absolute Gasteiger partial charge is 0.263 e. The summed E-state index contributed by atoms with van der Waals surface area (Å²) >= 11 is 5.89. The second kappa shape index (κ2) is 5.34. The first kappa shape index (κ1) is 15.8. The topological polar surface area (TPSA) is 74.7 Å². The molecule has 21 heavy (non-hydrogen) atoms. The van der Waals surface area contributed by atoms with E-state index in [2.05, 4.69) is 11.8 Å². The van der Waals surface area contributed by atoms with Crippen LogP contribution in [-0.2, 0) is 14.8 Å². The quantitative estimate of drug-likeness (QED) is 0.836.